The number of rotatable bonds is 3. The van der Waals surface area contributed by atoms with E-state index in [9.17, 15) is 0 Å². The van der Waals surface area contributed by atoms with E-state index in [-0.39, 0.29) is 10.8 Å². The molecular formula is C25H33N3+2. The first-order valence-corrected chi connectivity index (χ1v) is 10.7. The average Bonchev–Trinajstić information content (AvgIpc) is 3.05. The quantitative estimate of drug-likeness (QED) is 0.478. The molecule has 0 N–H and O–H groups in total. The van der Waals surface area contributed by atoms with E-state index in [2.05, 4.69) is 78.6 Å². The molecule has 146 valence electrons. The molecule has 3 heteroatoms. The van der Waals surface area contributed by atoms with Crippen LogP contribution in [0.5, 0.6) is 0 Å². The van der Waals surface area contributed by atoms with E-state index in [1.165, 1.54) is 33.9 Å². The number of nitrogens with zero attached hydrogens (tertiary/aromatic N) is 3. The highest BCUT2D eigenvalue weighted by molar-refractivity contribution is 5.84. The molecule has 0 spiro atoms. The molecule has 4 heterocycles. The normalized spacial score (nSPS) is 39.6. The zero-order chi connectivity index (χ0) is 20.1. The van der Waals surface area contributed by atoms with E-state index in [4.69, 9.17) is 4.98 Å². The molecular weight excluding hydrogens is 342 g/mol. The number of allylic oxidation sites excluding steroid dienone is 1. The van der Waals surface area contributed by atoms with E-state index in [1.807, 2.05) is 6.20 Å². The van der Waals surface area contributed by atoms with E-state index in [0.29, 0.717) is 6.17 Å². The van der Waals surface area contributed by atoms with Gasteiger partial charge in [-0.3, -0.25) is 0 Å². The lowest BCUT2D eigenvalue weighted by atomic mass is 9.50. The van der Waals surface area contributed by atoms with Gasteiger partial charge in [-0.1, -0.05) is 38.1 Å². The third-order valence-electron chi connectivity index (χ3n) is 8.75. The Bertz CT molecular complexity index is 1030. The fourth-order valence-corrected chi connectivity index (χ4v) is 7.84. The van der Waals surface area contributed by atoms with Crippen molar-refractivity contribution in [1.29, 1.82) is 0 Å². The van der Waals surface area contributed by atoms with Gasteiger partial charge >= 0.3 is 5.82 Å². The van der Waals surface area contributed by atoms with Crippen molar-refractivity contribution in [1.82, 2.24) is 14.0 Å². The van der Waals surface area contributed by atoms with Crippen molar-refractivity contribution >= 4 is 17.2 Å². The van der Waals surface area contributed by atoms with Crippen LogP contribution in [0.4, 0.5) is 17.2 Å². The molecule has 3 aliphatic heterocycles. The summed E-state index contributed by atoms with van der Waals surface area (Å²) >= 11 is 0. The maximum atomic E-state index is 4.98. The summed E-state index contributed by atoms with van der Waals surface area (Å²) in [6, 6.07) is 11.6. The van der Waals surface area contributed by atoms with Crippen LogP contribution in [0.25, 0.3) is 0 Å². The van der Waals surface area contributed by atoms with Crippen molar-refractivity contribution in [3.63, 3.8) is 0 Å². The third-order valence-corrected chi connectivity index (χ3v) is 8.75. The minimum atomic E-state index is -0.0147. The number of benzene rings is 1. The molecule has 3 aliphatic rings. The van der Waals surface area contributed by atoms with Gasteiger partial charge in [0.15, 0.2) is 5.69 Å². The summed E-state index contributed by atoms with van der Waals surface area (Å²) in [5.41, 5.74) is 7.09. The van der Waals surface area contributed by atoms with Gasteiger partial charge < -0.3 is 0 Å². The minimum absolute atomic E-state index is 0.0147. The number of pyridine rings is 1. The molecule has 3 nitrogen and oxygen atoms in total. The summed E-state index contributed by atoms with van der Waals surface area (Å²) in [5, 5.41) is 0. The fraction of sp³-hybridized carbons (Fsp3) is 0.480. The second-order valence-electron chi connectivity index (χ2n) is 9.83. The van der Waals surface area contributed by atoms with Crippen molar-refractivity contribution in [3.8, 4) is 0 Å². The van der Waals surface area contributed by atoms with Gasteiger partial charge in [-0.2, -0.15) is 9.47 Å². The first-order valence-electron chi connectivity index (χ1n) is 10.7. The molecule has 0 aliphatic carbocycles. The number of hydrogen-bond donors (Lipinski definition) is 0. The molecule has 28 heavy (non-hydrogen) atoms. The zero-order valence-corrected chi connectivity index (χ0v) is 18.2. The maximum absolute atomic E-state index is 4.98. The monoisotopic (exact) mass is 375 g/mol. The Labute approximate surface area is 169 Å². The molecule has 1 saturated heterocycles. The highest BCUT2D eigenvalue weighted by Gasteiger charge is 2.86. The van der Waals surface area contributed by atoms with Crippen LogP contribution < -0.4 is 8.97 Å². The number of aryl methyl sites for hydroxylation is 1. The third kappa shape index (κ3) is 1.54. The Hall–Kier alpha value is -1.97. The standard InChI is InChI=1S/C25H33N3/c1-8-24(6)23-27(7)16-28(23,22-20(27)11-10-14-26-22)21-15-18(5)12-13-19(21)25(24,9-2)17(3)4/h10-15,23H,3,8-9,16H2,1-2,4-7H3/q+2. The van der Waals surface area contributed by atoms with Gasteiger partial charge in [0.05, 0.1) is 12.5 Å². The minimum Gasteiger partial charge on any atom is -0.199 e. The number of fused-ring (bicyclic) bond motifs is 3. The van der Waals surface area contributed by atoms with Gasteiger partial charge in [0.25, 0.3) is 0 Å². The summed E-state index contributed by atoms with van der Waals surface area (Å²) < 4.78 is 1.92. The molecule has 5 unspecified atom stereocenters. The van der Waals surface area contributed by atoms with Crippen LogP contribution in [0.1, 0.15) is 51.7 Å². The summed E-state index contributed by atoms with van der Waals surface area (Å²) in [4.78, 5) is 4.98. The highest BCUT2D eigenvalue weighted by Crippen LogP contribution is 2.73. The van der Waals surface area contributed by atoms with Crippen LogP contribution in [0.15, 0.2) is 48.7 Å². The molecule has 1 aromatic heterocycles. The van der Waals surface area contributed by atoms with Gasteiger partial charge in [0.1, 0.15) is 0 Å². The maximum Gasteiger partial charge on any atom is 0.305 e. The summed E-state index contributed by atoms with van der Waals surface area (Å²) in [5.74, 6) is 1.27. The van der Waals surface area contributed by atoms with Crippen LogP contribution in [-0.2, 0) is 5.41 Å². The molecule has 2 bridgehead atoms. The number of quaternary nitrogens is 2. The Kier molecular flexibility index (Phi) is 3.32. The van der Waals surface area contributed by atoms with Crippen molar-refractivity contribution < 1.29 is 0 Å². The Morgan fingerprint density at radius 1 is 1.21 bits per heavy atom. The number of hydrogen-bond acceptors (Lipinski definition) is 1. The lowest BCUT2D eigenvalue weighted by Gasteiger charge is -2.66. The predicted molar refractivity (Wildman–Crippen MR) is 118 cm³/mol. The summed E-state index contributed by atoms with van der Waals surface area (Å²) in [6.45, 7) is 17.4. The molecule has 2 aromatic rings. The van der Waals surface area contributed by atoms with Crippen LogP contribution >= 0.6 is 0 Å². The number of aromatic nitrogens is 1. The molecule has 5 rings (SSSR count). The molecule has 0 saturated carbocycles. The predicted octanol–water partition coefficient (Wildman–Crippen LogP) is 5.93. The molecule has 1 aromatic carbocycles. The van der Waals surface area contributed by atoms with Gasteiger partial charge in [-0.15, -0.1) is 4.48 Å². The molecule has 0 amide bonds. The lowest BCUT2D eigenvalue weighted by molar-refractivity contribution is -0.126. The van der Waals surface area contributed by atoms with Crippen molar-refractivity contribution in [2.24, 2.45) is 5.41 Å². The molecule has 1 fully saturated rings. The van der Waals surface area contributed by atoms with Crippen LogP contribution in [0, 0.1) is 12.3 Å². The topological polar surface area (TPSA) is 12.9 Å². The van der Waals surface area contributed by atoms with Crippen LogP contribution in [0.3, 0.4) is 0 Å². The zero-order valence-electron chi connectivity index (χ0n) is 18.2. The van der Waals surface area contributed by atoms with E-state index in [1.54, 1.807) is 0 Å². The van der Waals surface area contributed by atoms with Gasteiger partial charge in [-0.05, 0) is 45.2 Å². The van der Waals surface area contributed by atoms with Gasteiger partial charge in [0.2, 0.25) is 18.5 Å². The second kappa shape index (κ2) is 5.14. The van der Waals surface area contributed by atoms with Gasteiger partial charge in [0, 0.05) is 29.3 Å². The largest absolute Gasteiger partial charge is 0.305 e. The average molecular weight is 376 g/mol. The SMILES string of the molecule is C=C(C)C1(CC)c2ccc(C)cc2[N+]23C[N+](C)(c4cccnc42)C3C1(C)CC. The fourth-order valence-electron chi connectivity index (χ4n) is 7.84. The molecule has 5 atom stereocenters. The first kappa shape index (κ1) is 18.1. The van der Waals surface area contributed by atoms with Crippen LogP contribution in [0.2, 0.25) is 0 Å². The van der Waals surface area contributed by atoms with Crippen molar-refractivity contribution in [3.05, 3.63) is 59.8 Å². The Morgan fingerprint density at radius 3 is 2.61 bits per heavy atom. The summed E-state index contributed by atoms with van der Waals surface area (Å²) in [7, 11) is 2.43. The van der Waals surface area contributed by atoms with E-state index in [0.717, 1.165) is 28.5 Å². The Balaban J connectivity index is 1.96. The van der Waals surface area contributed by atoms with E-state index >= 15 is 0 Å². The lowest BCUT2D eigenvalue weighted by Crippen LogP contribution is -2.88. The smallest absolute Gasteiger partial charge is 0.199 e. The van der Waals surface area contributed by atoms with Crippen LogP contribution in [-0.4, -0.2) is 24.9 Å². The van der Waals surface area contributed by atoms with Gasteiger partial charge in [-0.25, -0.2) is 0 Å². The summed E-state index contributed by atoms with van der Waals surface area (Å²) in [6.07, 6.45) is 4.65. The second-order valence-corrected chi connectivity index (χ2v) is 9.83. The first-order chi connectivity index (χ1) is 13.2. The van der Waals surface area contributed by atoms with Crippen molar-refractivity contribution in [2.45, 2.75) is 59.0 Å². The van der Waals surface area contributed by atoms with Crippen molar-refractivity contribution in [2.75, 3.05) is 13.7 Å². The molecule has 0 radical (unpaired) electrons. The Morgan fingerprint density at radius 2 is 1.96 bits per heavy atom. The highest BCUT2D eigenvalue weighted by atomic mass is 15.8. The van der Waals surface area contributed by atoms with E-state index < -0.39 is 0 Å².